The molecular weight excluding hydrogens is 290 g/mol. The van der Waals surface area contributed by atoms with Crippen LogP contribution in [0.2, 0.25) is 5.02 Å². The number of nitrogens with two attached hydrogens (primary N) is 1. The second kappa shape index (κ2) is 6.17. The molecule has 4 heteroatoms. The fraction of sp³-hybridized carbons (Fsp3) is 0.375. The van der Waals surface area contributed by atoms with Crippen molar-refractivity contribution in [3.63, 3.8) is 0 Å². The molecule has 1 aromatic carbocycles. The molecule has 0 saturated heterocycles. The SMILES string of the molecule is CC(C)(C)C(N)C(Oc1cccc(Cl)c1)c1cccs1. The van der Waals surface area contributed by atoms with E-state index in [9.17, 15) is 0 Å². The Labute approximate surface area is 129 Å². The Bertz CT molecular complexity index is 548. The molecule has 2 atom stereocenters. The number of ether oxygens (including phenoxy) is 1. The molecular formula is C16H20ClNOS. The molecule has 2 aromatic rings. The zero-order valence-electron chi connectivity index (χ0n) is 12.0. The summed E-state index contributed by atoms with van der Waals surface area (Å²) in [6, 6.07) is 11.4. The van der Waals surface area contributed by atoms with Gasteiger partial charge in [-0.05, 0) is 35.1 Å². The molecule has 0 bridgehead atoms. The predicted molar refractivity (Wildman–Crippen MR) is 86.6 cm³/mol. The maximum absolute atomic E-state index is 6.42. The van der Waals surface area contributed by atoms with E-state index in [4.69, 9.17) is 22.1 Å². The van der Waals surface area contributed by atoms with Gasteiger partial charge in [-0.3, -0.25) is 0 Å². The van der Waals surface area contributed by atoms with E-state index in [2.05, 4.69) is 26.8 Å². The molecule has 20 heavy (non-hydrogen) atoms. The molecule has 1 aromatic heterocycles. The van der Waals surface area contributed by atoms with E-state index in [1.54, 1.807) is 11.3 Å². The van der Waals surface area contributed by atoms with Crippen molar-refractivity contribution in [1.29, 1.82) is 0 Å². The van der Waals surface area contributed by atoms with Gasteiger partial charge >= 0.3 is 0 Å². The van der Waals surface area contributed by atoms with Crippen LogP contribution in [0.5, 0.6) is 5.75 Å². The highest BCUT2D eigenvalue weighted by molar-refractivity contribution is 7.10. The lowest BCUT2D eigenvalue weighted by molar-refractivity contribution is 0.117. The van der Waals surface area contributed by atoms with Crippen LogP contribution < -0.4 is 10.5 Å². The third-order valence-corrected chi connectivity index (χ3v) is 4.38. The Kier molecular flexibility index (Phi) is 4.74. The molecule has 2 N–H and O–H groups in total. The summed E-state index contributed by atoms with van der Waals surface area (Å²) in [7, 11) is 0. The van der Waals surface area contributed by atoms with Crippen molar-refractivity contribution in [2.24, 2.45) is 11.1 Å². The number of rotatable bonds is 4. The minimum absolute atomic E-state index is 0.0484. The molecule has 2 nitrogen and oxygen atoms in total. The van der Waals surface area contributed by atoms with Gasteiger partial charge in [0.25, 0.3) is 0 Å². The first-order valence-electron chi connectivity index (χ1n) is 6.59. The molecule has 0 amide bonds. The van der Waals surface area contributed by atoms with Crippen molar-refractivity contribution in [2.45, 2.75) is 32.9 Å². The van der Waals surface area contributed by atoms with Gasteiger partial charge in [0.1, 0.15) is 11.9 Å². The van der Waals surface area contributed by atoms with E-state index in [0.29, 0.717) is 5.02 Å². The highest BCUT2D eigenvalue weighted by atomic mass is 35.5. The molecule has 0 saturated carbocycles. The fourth-order valence-electron chi connectivity index (χ4n) is 1.90. The van der Waals surface area contributed by atoms with Crippen molar-refractivity contribution < 1.29 is 4.74 Å². The second-order valence-electron chi connectivity index (χ2n) is 5.90. The third kappa shape index (κ3) is 3.75. The molecule has 0 fully saturated rings. The Morgan fingerprint density at radius 3 is 2.50 bits per heavy atom. The van der Waals surface area contributed by atoms with Crippen molar-refractivity contribution in [1.82, 2.24) is 0 Å². The summed E-state index contributed by atoms with van der Waals surface area (Å²) in [6.07, 6.45) is -0.173. The summed E-state index contributed by atoms with van der Waals surface area (Å²) < 4.78 is 6.13. The average Bonchev–Trinajstić information content (AvgIpc) is 2.87. The largest absolute Gasteiger partial charge is 0.483 e. The second-order valence-corrected chi connectivity index (χ2v) is 7.32. The maximum atomic E-state index is 6.42. The van der Waals surface area contributed by atoms with Gasteiger partial charge in [-0.15, -0.1) is 11.3 Å². The Morgan fingerprint density at radius 2 is 1.95 bits per heavy atom. The zero-order valence-corrected chi connectivity index (χ0v) is 13.5. The van der Waals surface area contributed by atoms with Gasteiger partial charge < -0.3 is 10.5 Å². The van der Waals surface area contributed by atoms with Gasteiger partial charge in [-0.1, -0.05) is 44.5 Å². The van der Waals surface area contributed by atoms with Gasteiger partial charge in [0.2, 0.25) is 0 Å². The highest BCUT2D eigenvalue weighted by Gasteiger charge is 2.32. The van der Waals surface area contributed by atoms with Gasteiger partial charge in [0.05, 0.1) is 6.04 Å². The van der Waals surface area contributed by atoms with Gasteiger partial charge in [0.15, 0.2) is 0 Å². The molecule has 1 heterocycles. The predicted octanol–water partition coefficient (Wildman–Crippen LogP) is 4.90. The van der Waals surface area contributed by atoms with Crippen LogP contribution in [-0.4, -0.2) is 6.04 Å². The standard InChI is InChI=1S/C16H20ClNOS/c1-16(2,3)15(18)14(13-8-5-9-20-13)19-12-7-4-6-11(17)10-12/h4-10,14-15H,18H2,1-3H3. The van der Waals surface area contributed by atoms with Crippen LogP contribution in [0, 0.1) is 5.41 Å². The number of hydrogen-bond acceptors (Lipinski definition) is 3. The third-order valence-electron chi connectivity index (χ3n) is 3.21. The fourth-order valence-corrected chi connectivity index (χ4v) is 2.88. The van der Waals surface area contributed by atoms with Crippen LogP contribution in [0.3, 0.4) is 0 Å². The topological polar surface area (TPSA) is 35.2 Å². The Balaban J connectivity index is 2.28. The van der Waals surface area contributed by atoms with Crippen molar-refractivity contribution >= 4 is 22.9 Å². The molecule has 108 valence electrons. The number of thiophene rings is 1. The first-order chi connectivity index (χ1) is 9.38. The van der Waals surface area contributed by atoms with Gasteiger partial charge in [-0.2, -0.15) is 0 Å². The maximum Gasteiger partial charge on any atom is 0.148 e. The van der Waals surface area contributed by atoms with Crippen molar-refractivity contribution in [2.75, 3.05) is 0 Å². The van der Waals surface area contributed by atoms with Crippen LogP contribution in [-0.2, 0) is 0 Å². The molecule has 0 spiro atoms. The summed E-state index contributed by atoms with van der Waals surface area (Å²) in [5.41, 5.74) is 6.37. The van der Waals surface area contributed by atoms with Gasteiger partial charge in [0, 0.05) is 9.90 Å². The van der Waals surface area contributed by atoms with Crippen LogP contribution in [0.15, 0.2) is 41.8 Å². The van der Waals surface area contributed by atoms with Crippen molar-refractivity contribution in [3.8, 4) is 5.75 Å². The molecule has 0 radical (unpaired) electrons. The monoisotopic (exact) mass is 309 g/mol. The summed E-state index contributed by atoms with van der Waals surface area (Å²) >= 11 is 7.67. The summed E-state index contributed by atoms with van der Waals surface area (Å²) in [4.78, 5) is 1.13. The zero-order chi connectivity index (χ0) is 14.8. The Morgan fingerprint density at radius 1 is 1.20 bits per heavy atom. The average molecular weight is 310 g/mol. The minimum Gasteiger partial charge on any atom is -0.483 e. The number of halogens is 1. The van der Waals surface area contributed by atoms with Crippen LogP contribution >= 0.6 is 22.9 Å². The lowest BCUT2D eigenvalue weighted by Crippen LogP contribution is -2.42. The van der Waals surface area contributed by atoms with E-state index >= 15 is 0 Å². The molecule has 0 aliphatic rings. The molecule has 0 aliphatic carbocycles. The summed E-state index contributed by atoms with van der Waals surface area (Å²) in [6.45, 7) is 6.37. The van der Waals surface area contributed by atoms with E-state index < -0.39 is 0 Å². The summed E-state index contributed by atoms with van der Waals surface area (Å²) in [5, 5.41) is 2.70. The highest BCUT2D eigenvalue weighted by Crippen LogP contribution is 2.35. The lowest BCUT2D eigenvalue weighted by atomic mass is 9.83. The molecule has 0 aliphatic heterocycles. The first-order valence-corrected chi connectivity index (χ1v) is 7.85. The number of hydrogen-bond donors (Lipinski definition) is 1. The lowest BCUT2D eigenvalue weighted by Gasteiger charge is -2.33. The normalized spacial score (nSPS) is 14.8. The number of benzene rings is 1. The van der Waals surface area contributed by atoms with Crippen LogP contribution in [0.4, 0.5) is 0 Å². The molecule has 2 rings (SSSR count). The quantitative estimate of drug-likeness (QED) is 0.872. The van der Waals surface area contributed by atoms with Crippen LogP contribution in [0.1, 0.15) is 31.8 Å². The van der Waals surface area contributed by atoms with Gasteiger partial charge in [-0.25, -0.2) is 0 Å². The molecule has 2 unspecified atom stereocenters. The van der Waals surface area contributed by atoms with Crippen molar-refractivity contribution in [3.05, 3.63) is 51.7 Å². The van der Waals surface area contributed by atoms with Crippen LogP contribution in [0.25, 0.3) is 0 Å². The van der Waals surface area contributed by atoms with E-state index in [-0.39, 0.29) is 17.6 Å². The Hall–Kier alpha value is -1.03. The van der Waals surface area contributed by atoms with E-state index in [1.807, 2.05) is 35.7 Å². The van der Waals surface area contributed by atoms with E-state index in [0.717, 1.165) is 10.6 Å². The van der Waals surface area contributed by atoms with E-state index in [1.165, 1.54) is 0 Å². The minimum atomic E-state index is -0.173. The smallest absolute Gasteiger partial charge is 0.148 e. The summed E-state index contributed by atoms with van der Waals surface area (Å²) in [5.74, 6) is 0.746. The first kappa shape index (κ1) is 15.4.